The number of aliphatic carboxylic acids is 1. The highest BCUT2D eigenvalue weighted by Crippen LogP contribution is 2.33. The average molecular weight is 429 g/mol. The predicted octanol–water partition coefficient (Wildman–Crippen LogP) is 1.81. The van der Waals surface area contributed by atoms with Crippen LogP contribution in [0.3, 0.4) is 0 Å². The summed E-state index contributed by atoms with van der Waals surface area (Å²) in [4.78, 5) is 40.6. The number of amides is 2. The van der Waals surface area contributed by atoms with Crippen LogP contribution in [-0.4, -0.2) is 38.8 Å². The summed E-state index contributed by atoms with van der Waals surface area (Å²) in [7, 11) is 0. The van der Waals surface area contributed by atoms with Crippen molar-refractivity contribution >= 4 is 23.6 Å². The van der Waals surface area contributed by atoms with Gasteiger partial charge in [0.15, 0.2) is 0 Å². The third-order valence-corrected chi connectivity index (χ3v) is 4.99. The molecule has 11 heteroatoms. The number of hydrogen-bond donors (Lipinski definition) is 3. The van der Waals surface area contributed by atoms with Gasteiger partial charge in [-0.2, -0.15) is 5.26 Å². The molecule has 2 heterocycles. The molecule has 1 aliphatic heterocycles. The van der Waals surface area contributed by atoms with Crippen molar-refractivity contribution in [2.45, 2.75) is 31.9 Å². The number of fused-ring (bicyclic) bond motifs is 1. The molecule has 5 N–H and O–H groups in total. The summed E-state index contributed by atoms with van der Waals surface area (Å²) < 4.78 is 26.7. The van der Waals surface area contributed by atoms with Crippen LogP contribution in [0.4, 0.5) is 14.6 Å². The standard InChI is InChI=1S/C20H17F2N5O4/c21-17(22)12-6-14(26-18(24)13(12)7-23)9-1-2-11-10(5-9)8-27(20(11)31)15(19(25)30)3-4-16(28)29/h1-2,5-6,15,17H,3-4,8H2,(H2,24,26)(H2,25,30)(H,28,29). The van der Waals surface area contributed by atoms with Crippen LogP contribution in [-0.2, 0) is 16.1 Å². The fourth-order valence-electron chi connectivity index (χ4n) is 3.49. The third-order valence-electron chi connectivity index (χ3n) is 4.99. The minimum Gasteiger partial charge on any atom is -0.481 e. The van der Waals surface area contributed by atoms with Crippen molar-refractivity contribution in [1.29, 1.82) is 5.26 Å². The quantitative estimate of drug-likeness (QED) is 0.604. The van der Waals surface area contributed by atoms with Gasteiger partial charge in [-0.25, -0.2) is 13.8 Å². The number of carboxylic acid groups (broad SMARTS) is 1. The van der Waals surface area contributed by atoms with Crippen LogP contribution >= 0.6 is 0 Å². The highest BCUT2D eigenvalue weighted by Gasteiger charge is 2.35. The summed E-state index contributed by atoms with van der Waals surface area (Å²) in [5, 5.41) is 17.9. The molecule has 0 bridgehead atoms. The zero-order chi connectivity index (χ0) is 22.9. The Balaban J connectivity index is 1.96. The predicted molar refractivity (Wildman–Crippen MR) is 103 cm³/mol. The summed E-state index contributed by atoms with van der Waals surface area (Å²) in [5.41, 5.74) is 11.3. The number of carbonyl (C=O) groups is 3. The second-order valence-electron chi connectivity index (χ2n) is 6.93. The fraction of sp³-hybridized carbons (Fsp3) is 0.250. The zero-order valence-electron chi connectivity index (χ0n) is 16.0. The maximum atomic E-state index is 13.3. The lowest BCUT2D eigenvalue weighted by molar-refractivity contribution is -0.137. The van der Waals surface area contributed by atoms with Gasteiger partial charge in [0.25, 0.3) is 12.3 Å². The number of benzene rings is 1. The van der Waals surface area contributed by atoms with Crippen LogP contribution in [0.1, 0.15) is 46.3 Å². The first-order valence-corrected chi connectivity index (χ1v) is 9.08. The van der Waals surface area contributed by atoms with E-state index in [1.807, 2.05) is 0 Å². The molecule has 1 aromatic carbocycles. The number of nitriles is 1. The number of hydrogen-bond acceptors (Lipinski definition) is 6. The molecule has 0 aliphatic carbocycles. The Labute approximate surface area is 174 Å². The van der Waals surface area contributed by atoms with Gasteiger partial charge in [-0.15, -0.1) is 0 Å². The van der Waals surface area contributed by atoms with Gasteiger partial charge in [-0.1, -0.05) is 6.07 Å². The van der Waals surface area contributed by atoms with Gasteiger partial charge < -0.3 is 21.5 Å². The van der Waals surface area contributed by atoms with Gasteiger partial charge >= 0.3 is 5.97 Å². The second kappa shape index (κ2) is 8.35. The van der Waals surface area contributed by atoms with E-state index in [0.29, 0.717) is 11.1 Å². The maximum absolute atomic E-state index is 13.3. The molecule has 3 rings (SSSR count). The maximum Gasteiger partial charge on any atom is 0.303 e. The number of pyridine rings is 1. The van der Waals surface area contributed by atoms with Crippen molar-refractivity contribution in [3.63, 3.8) is 0 Å². The van der Waals surface area contributed by atoms with E-state index < -0.39 is 41.4 Å². The number of nitrogens with zero attached hydrogens (tertiary/aromatic N) is 3. The molecular formula is C20H17F2N5O4. The van der Waals surface area contributed by atoms with E-state index in [0.717, 1.165) is 6.07 Å². The van der Waals surface area contributed by atoms with Crippen molar-refractivity contribution in [3.05, 3.63) is 46.5 Å². The molecule has 2 aromatic rings. The normalized spacial score (nSPS) is 13.7. The van der Waals surface area contributed by atoms with Crippen molar-refractivity contribution in [2.24, 2.45) is 5.73 Å². The number of nitrogens with two attached hydrogens (primary N) is 2. The van der Waals surface area contributed by atoms with Crippen LogP contribution in [0.15, 0.2) is 24.3 Å². The number of rotatable bonds is 7. The minimum atomic E-state index is -2.93. The highest BCUT2D eigenvalue weighted by molar-refractivity contribution is 6.01. The van der Waals surface area contributed by atoms with E-state index in [9.17, 15) is 23.2 Å². The van der Waals surface area contributed by atoms with Gasteiger partial charge in [0.05, 0.1) is 5.69 Å². The van der Waals surface area contributed by atoms with Gasteiger partial charge in [-0.05, 0) is 30.2 Å². The van der Waals surface area contributed by atoms with E-state index in [2.05, 4.69) is 4.98 Å². The topological polar surface area (TPSA) is 163 Å². The molecule has 9 nitrogen and oxygen atoms in total. The lowest BCUT2D eigenvalue weighted by Crippen LogP contribution is -2.45. The number of nitrogen functional groups attached to an aromatic ring is 1. The Morgan fingerprint density at radius 1 is 1.32 bits per heavy atom. The second-order valence-corrected chi connectivity index (χ2v) is 6.93. The molecule has 2 amide bonds. The molecule has 0 saturated carbocycles. The van der Waals surface area contributed by atoms with E-state index in [4.69, 9.17) is 21.8 Å². The van der Waals surface area contributed by atoms with Gasteiger partial charge in [0.2, 0.25) is 5.91 Å². The summed E-state index contributed by atoms with van der Waals surface area (Å²) in [5.74, 6) is -2.78. The van der Waals surface area contributed by atoms with Crippen LogP contribution in [0.2, 0.25) is 0 Å². The van der Waals surface area contributed by atoms with Crippen LogP contribution in [0.5, 0.6) is 0 Å². The molecule has 0 spiro atoms. The molecule has 160 valence electrons. The molecule has 1 atom stereocenters. The number of primary amides is 1. The van der Waals surface area contributed by atoms with Crippen molar-refractivity contribution in [2.75, 3.05) is 5.73 Å². The molecule has 0 saturated heterocycles. The largest absolute Gasteiger partial charge is 0.481 e. The van der Waals surface area contributed by atoms with Crippen molar-refractivity contribution < 1.29 is 28.3 Å². The summed E-state index contributed by atoms with van der Waals surface area (Å²) in [6.07, 6.45) is -3.41. The molecule has 1 aromatic heterocycles. The Bertz CT molecular complexity index is 1130. The first-order chi connectivity index (χ1) is 14.6. The monoisotopic (exact) mass is 429 g/mol. The van der Waals surface area contributed by atoms with E-state index in [1.54, 1.807) is 12.1 Å². The SMILES string of the molecule is N#Cc1c(C(F)F)cc(-c2ccc3c(c2)CN(C(CCC(=O)O)C(N)=O)C3=O)nc1N. The van der Waals surface area contributed by atoms with Crippen molar-refractivity contribution in [3.8, 4) is 17.3 Å². The number of halogens is 2. The van der Waals surface area contributed by atoms with Crippen LogP contribution in [0.25, 0.3) is 11.3 Å². The molecular weight excluding hydrogens is 412 g/mol. The molecule has 0 fully saturated rings. The number of aromatic nitrogens is 1. The Hall–Kier alpha value is -4.07. The summed E-state index contributed by atoms with van der Waals surface area (Å²) in [6, 6.07) is 6.07. The molecule has 0 radical (unpaired) electrons. The van der Waals surface area contributed by atoms with E-state index in [-0.39, 0.29) is 36.5 Å². The van der Waals surface area contributed by atoms with Crippen LogP contribution < -0.4 is 11.5 Å². The number of alkyl halides is 2. The molecule has 1 aliphatic rings. The summed E-state index contributed by atoms with van der Waals surface area (Å²) >= 11 is 0. The van der Waals surface area contributed by atoms with Gasteiger partial charge in [0, 0.05) is 29.7 Å². The number of carbonyl (C=O) groups excluding carboxylic acids is 2. The van der Waals surface area contributed by atoms with Crippen LogP contribution in [0, 0.1) is 11.3 Å². The fourth-order valence-corrected chi connectivity index (χ4v) is 3.49. The first kappa shape index (κ1) is 21.6. The lowest BCUT2D eigenvalue weighted by Gasteiger charge is -2.24. The van der Waals surface area contributed by atoms with Gasteiger partial charge in [0.1, 0.15) is 23.5 Å². The highest BCUT2D eigenvalue weighted by atomic mass is 19.3. The smallest absolute Gasteiger partial charge is 0.303 e. The molecule has 1 unspecified atom stereocenters. The van der Waals surface area contributed by atoms with Gasteiger partial charge in [-0.3, -0.25) is 14.4 Å². The van der Waals surface area contributed by atoms with E-state index >= 15 is 0 Å². The zero-order valence-corrected chi connectivity index (χ0v) is 16.0. The number of anilines is 1. The molecule has 31 heavy (non-hydrogen) atoms. The van der Waals surface area contributed by atoms with Crippen molar-refractivity contribution in [1.82, 2.24) is 9.88 Å². The first-order valence-electron chi connectivity index (χ1n) is 9.08. The summed E-state index contributed by atoms with van der Waals surface area (Å²) in [6.45, 7) is -0.0112. The Kier molecular flexibility index (Phi) is 5.83. The Morgan fingerprint density at radius 2 is 2.03 bits per heavy atom. The minimum absolute atomic E-state index is 0.0112. The van der Waals surface area contributed by atoms with E-state index in [1.165, 1.54) is 17.0 Å². The average Bonchev–Trinajstić information content (AvgIpc) is 3.02. The lowest BCUT2D eigenvalue weighted by atomic mass is 10.0. The number of carboxylic acids is 1. The Morgan fingerprint density at radius 3 is 2.61 bits per heavy atom. The third kappa shape index (κ3) is 4.13.